The Hall–Kier alpha value is -2.18. The molecule has 0 bridgehead atoms. The van der Waals surface area contributed by atoms with Gasteiger partial charge in [0, 0.05) is 12.2 Å². The summed E-state index contributed by atoms with van der Waals surface area (Å²) in [4.78, 5) is 19.7. The van der Waals surface area contributed by atoms with E-state index in [1.807, 2.05) is 18.7 Å². The highest BCUT2D eigenvalue weighted by Crippen LogP contribution is 2.33. The zero-order valence-electron chi connectivity index (χ0n) is 15.0. The standard InChI is InChI=1S/C18H26N6O/c1-12-15(11-19-24(12)14-7-3-4-8-14)18(25)23-10-6-5-9-16(23)17-20-13(2)21-22-17/h11,14,16H,3-10H2,1-2H3,(H,20,21,22)/t16-/m1/s1. The molecule has 1 aliphatic carbocycles. The van der Waals surface area contributed by atoms with Crippen molar-refractivity contribution in [3.63, 3.8) is 0 Å². The number of hydrogen-bond donors (Lipinski definition) is 1. The van der Waals surface area contributed by atoms with Crippen molar-refractivity contribution < 1.29 is 4.79 Å². The average molecular weight is 342 g/mol. The molecule has 1 saturated carbocycles. The molecule has 3 heterocycles. The fourth-order valence-corrected chi connectivity index (χ4v) is 4.26. The minimum Gasteiger partial charge on any atom is -0.328 e. The molecule has 4 rings (SSSR count). The van der Waals surface area contributed by atoms with Crippen molar-refractivity contribution in [2.45, 2.75) is 70.9 Å². The number of likely N-dealkylation sites (tertiary alicyclic amines) is 1. The van der Waals surface area contributed by atoms with Crippen molar-refractivity contribution in [1.29, 1.82) is 0 Å². The Labute approximate surface area is 147 Å². The van der Waals surface area contributed by atoms with Gasteiger partial charge in [-0.3, -0.25) is 14.6 Å². The highest BCUT2D eigenvalue weighted by atomic mass is 16.2. The van der Waals surface area contributed by atoms with E-state index in [1.165, 1.54) is 25.7 Å². The van der Waals surface area contributed by atoms with Gasteiger partial charge in [-0.15, -0.1) is 0 Å². The summed E-state index contributed by atoms with van der Waals surface area (Å²) in [5, 5.41) is 11.8. The predicted octanol–water partition coefficient (Wildman–Crippen LogP) is 3.10. The van der Waals surface area contributed by atoms with E-state index in [4.69, 9.17) is 0 Å². The molecular weight excluding hydrogens is 316 g/mol. The largest absolute Gasteiger partial charge is 0.328 e. The number of H-pyrrole nitrogens is 1. The highest BCUT2D eigenvalue weighted by molar-refractivity contribution is 5.95. The van der Waals surface area contributed by atoms with Gasteiger partial charge in [0.25, 0.3) is 5.91 Å². The first-order chi connectivity index (χ1) is 12.1. The monoisotopic (exact) mass is 342 g/mol. The second-order valence-corrected chi connectivity index (χ2v) is 7.32. The number of aromatic nitrogens is 5. The molecule has 0 unspecified atom stereocenters. The van der Waals surface area contributed by atoms with E-state index in [-0.39, 0.29) is 11.9 Å². The average Bonchev–Trinajstić information content (AvgIpc) is 3.35. The number of aryl methyl sites for hydroxylation is 1. The Bertz CT molecular complexity index is 757. The Morgan fingerprint density at radius 1 is 1.16 bits per heavy atom. The predicted molar refractivity (Wildman–Crippen MR) is 93.2 cm³/mol. The van der Waals surface area contributed by atoms with Gasteiger partial charge in [0.05, 0.1) is 23.8 Å². The van der Waals surface area contributed by atoms with Crippen molar-refractivity contribution >= 4 is 5.91 Å². The molecule has 7 heteroatoms. The lowest BCUT2D eigenvalue weighted by Crippen LogP contribution is -2.39. The number of nitrogens with one attached hydrogen (secondary N) is 1. The van der Waals surface area contributed by atoms with Crippen LogP contribution >= 0.6 is 0 Å². The van der Waals surface area contributed by atoms with Crippen molar-refractivity contribution in [2.24, 2.45) is 0 Å². The van der Waals surface area contributed by atoms with Crippen LogP contribution in [-0.2, 0) is 0 Å². The van der Waals surface area contributed by atoms with Crippen molar-refractivity contribution in [3.05, 3.63) is 29.1 Å². The van der Waals surface area contributed by atoms with Crippen molar-refractivity contribution in [1.82, 2.24) is 29.9 Å². The Balaban J connectivity index is 1.60. The second kappa shape index (κ2) is 6.61. The lowest BCUT2D eigenvalue weighted by molar-refractivity contribution is 0.0599. The van der Waals surface area contributed by atoms with Gasteiger partial charge < -0.3 is 4.90 Å². The molecular formula is C18H26N6O. The summed E-state index contributed by atoms with van der Waals surface area (Å²) in [6.45, 7) is 4.67. The summed E-state index contributed by atoms with van der Waals surface area (Å²) in [5.41, 5.74) is 1.72. The molecule has 1 saturated heterocycles. The number of rotatable bonds is 3. The van der Waals surface area contributed by atoms with Gasteiger partial charge in [0.15, 0.2) is 5.82 Å². The van der Waals surface area contributed by atoms with Gasteiger partial charge in [-0.2, -0.15) is 10.2 Å². The van der Waals surface area contributed by atoms with E-state index in [9.17, 15) is 4.79 Å². The molecule has 0 spiro atoms. The first kappa shape index (κ1) is 16.3. The van der Waals surface area contributed by atoms with E-state index in [2.05, 4.69) is 25.0 Å². The maximum absolute atomic E-state index is 13.2. The molecule has 1 amide bonds. The van der Waals surface area contributed by atoms with E-state index in [0.717, 1.165) is 48.7 Å². The van der Waals surface area contributed by atoms with E-state index in [0.29, 0.717) is 6.04 Å². The van der Waals surface area contributed by atoms with Gasteiger partial charge in [-0.1, -0.05) is 12.8 Å². The smallest absolute Gasteiger partial charge is 0.257 e. The zero-order valence-corrected chi connectivity index (χ0v) is 15.0. The SMILES string of the molecule is Cc1nc([C@H]2CCCCN2C(=O)c2cnn(C3CCCC3)c2C)n[nH]1. The van der Waals surface area contributed by atoms with Crippen LogP contribution in [0.4, 0.5) is 0 Å². The topological polar surface area (TPSA) is 79.7 Å². The molecule has 2 aromatic rings. The van der Waals surface area contributed by atoms with Crippen LogP contribution < -0.4 is 0 Å². The Morgan fingerprint density at radius 3 is 2.64 bits per heavy atom. The van der Waals surface area contributed by atoms with Crippen LogP contribution in [0.3, 0.4) is 0 Å². The fraction of sp³-hybridized carbons (Fsp3) is 0.667. The van der Waals surface area contributed by atoms with E-state index < -0.39 is 0 Å². The molecule has 1 atom stereocenters. The molecule has 1 N–H and O–H groups in total. The summed E-state index contributed by atoms with van der Waals surface area (Å²) in [7, 11) is 0. The highest BCUT2D eigenvalue weighted by Gasteiger charge is 2.33. The van der Waals surface area contributed by atoms with E-state index >= 15 is 0 Å². The summed E-state index contributed by atoms with van der Waals surface area (Å²) >= 11 is 0. The van der Waals surface area contributed by atoms with Crippen LogP contribution in [0.1, 0.15) is 84.7 Å². The molecule has 25 heavy (non-hydrogen) atoms. The molecule has 2 aliphatic rings. The zero-order chi connectivity index (χ0) is 17.4. The van der Waals surface area contributed by atoms with E-state index in [1.54, 1.807) is 6.20 Å². The second-order valence-electron chi connectivity index (χ2n) is 7.32. The minimum absolute atomic E-state index is 0.0413. The quantitative estimate of drug-likeness (QED) is 0.929. The van der Waals surface area contributed by atoms with Crippen LogP contribution in [0.2, 0.25) is 0 Å². The third kappa shape index (κ3) is 2.96. The van der Waals surface area contributed by atoms with Crippen molar-refractivity contribution in [2.75, 3.05) is 6.54 Å². The summed E-state index contributed by atoms with van der Waals surface area (Å²) in [6.07, 6.45) is 9.64. The number of nitrogens with zero attached hydrogens (tertiary/aromatic N) is 5. The third-order valence-electron chi connectivity index (χ3n) is 5.62. The Kier molecular flexibility index (Phi) is 4.31. The van der Waals surface area contributed by atoms with Gasteiger partial charge in [-0.25, -0.2) is 4.98 Å². The summed E-state index contributed by atoms with van der Waals surface area (Å²) < 4.78 is 2.07. The van der Waals surface area contributed by atoms with Crippen LogP contribution in [0.5, 0.6) is 0 Å². The lowest BCUT2D eigenvalue weighted by Gasteiger charge is -2.34. The first-order valence-corrected chi connectivity index (χ1v) is 9.39. The van der Waals surface area contributed by atoms with Crippen LogP contribution in [0, 0.1) is 13.8 Å². The molecule has 2 fully saturated rings. The number of aromatic amines is 1. The molecule has 0 radical (unpaired) electrons. The molecule has 1 aliphatic heterocycles. The summed E-state index contributed by atoms with van der Waals surface area (Å²) in [5.74, 6) is 1.58. The number of amides is 1. The molecule has 0 aromatic carbocycles. The minimum atomic E-state index is -0.0413. The number of hydrogen-bond acceptors (Lipinski definition) is 4. The molecule has 2 aromatic heterocycles. The normalized spacial score (nSPS) is 21.8. The molecule has 7 nitrogen and oxygen atoms in total. The number of carbonyl (C=O) groups excluding carboxylic acids is 1. The van der Waals surface area contributed by atoms with Gasteiger partial charge in [-0.05, 0) is 46.0 Å². The fourth-order valence-electron chi connectivity index (χ4n) is 4.26. The number of carbonyl (C=O) groups is 1. The number of piperidine rings is 1. The maximum atomic E-state index is 13.2. The summed E-state index contributed by atoms with van der Waals surface area (Å²) in [6, 6.07) is 0.412. The third-order valence-corrected chi connectivity index (χ3v) is 5.62. The Morgan fingerprint density at radius 2 is 1.92 bits per heavy atom. The van der Waals surface area contributed by atoms with Gasteiger partial charge in [0.2, 0.25) is 0 Å². The lowest BCUT2D eigenvalue weighted by atomic mass is 10.0. The van der Waals surface area contributed by atoms with Gasteiger partial charge >= 0.3 is 0 Å². The first-order valence-electron chi connectivity index (χ1n) is 9.39. The van der Waals surface area contributed by atoms with Crippen LogP contribution in [0.15, 0.2) is 6.20 Å². The maximum Gasteiger partial charge on any atom is 0.257 e. The van der Waals surface area contributed by atoms with Gasteiger partial charge in [0.1, 0.15) is 5.82 Å². The van der Waals surface area contributed by atoms with Crippen LogP contribution in [-0.4, -0.2) is 42.3 Å². The van der Waals surface area contributed by atoms with Crippen molar-refractivity contribution in [3.8, 4) is 0 Å². The molecule has 134 valence electrons. The van der Waals surface area contributed by atoms with Crippen LogP contribution in [0.25, 0.3) is 0 Å².